The third-order valence-corrected chi connectivity index (χ3v) is 3.62. The highest BCUT2D eigenvalue weighted by Gasteiger charge is 2.41. The van der Waals surface area contributed by atoms with Crippen LogP contribution in [-0.4, -0.2) is 17.0 Å². The number of anilines is 1. The number of aliphatic carboxylic acids is 1. The lowest BCUT2D eigenvalue weighted by molar-refractivity contribution is -0.151. The molecule has 5 heteroatoms. The molecule has 18 heavy (non-hydrogen) atoms. The minimum absolute atomic E-state index is 0.237. The molecule has 2 unspecified atom stereocenters. The summed E-state index contributed by atoms with van der Waals surface area (Å²) in [5, 5.41) is 12.2. The van der Waals surface area contributed by atoms with Gasteiger partial charge in [0, 0.05) is 10.7 Å². The molecule has 0 aliphatic heterocycles. The lowest BCUT2D eigenvalue weighted by atomic mass is 9.73. The Morgan fingerprint density at radius 3 is 2.56 bits per heavy atom. The standard InChI is InChI=1S/C13H14ClNO3/c1-7-2-3-8(14)6-11(7)15-12(16)9-4-5-10(9)13(17)18/h2-3,6,9-10H,4-5H2,1H3,(H,15,16)(H,17,18). The highest BCUT2D eigenvalue weighted by atomic mass is 35.5. The molecule has 1 fully saturated rings. The van der Waals surface area contributed by atoms with Crippen LogP contribution < -0.4 is 5.32 Å². The van der Waals surface area contributed by atoms with Crippen molar-refractivity contribution in [1.82, 2.24) is 0 Å². The van der Waals surface area contributed by atoms with E-state index in [9.17, 15) is 9.59 Å². The van der Waals surface area contributed by atoms with Gasteiger partial charge in [0.2, 0.25) is 5.91 Å². The van der Waals surface area contributed by atoms with E-state index in [-0.39, 0.29) is 5.91 Å². The number of carbonyl (C=O) groups is 2. The maximum absolute atomic E-state index is 12.0. The molecular formula is C13H14ClNO3. The van der Waals surface area contributed by atoms with Crippen molar-refractivity contribution >= 4 is 29.2 Å². The average molecular weight is 268 g/mol. The van der Waals surface area contributed by atoms with Gasteiger partial charge < -0.3 is 10.4 Å². The number of carboxylic acid groups (broad SMARTS) is 1. The fourth-order valence-corrected chi connectivity index (χ4v) is 2.24. The molecule has 0 aromatic heterocycles. The van der Waals surface area contributed by atoms with E-state index in [4.69, 9.17) is 16.7 Å². The average Bonchev–Trinajstić information content (AvgIpc) is 2.20. The third kappa shape index (κ3) is 2.48. The molecule has 1 aromatic rings. The normalized spacial score (nSPS) is 22.1. The number of aryl methyl sites for hydroxylation is 1. The number of amides is 1. The monoisotopic (exact) mass is 267 g/mol. The maximum atomic E-state index is 12.0. The maximum Gasteiger partial charge on any atom is 0.307 e. The van der Waals surface area contributed by atoms with E-state index in [1.54, 1.807) is 12.1 Å². The van der Waals surface area contributed by atoms with Gasteiger partial charge in [0.05, 0.1) is 11.8 Å². The van der Waals surface area contributed by atoms with Crippen LogP contribution in [0.3, 0.4) is 0 Å². The fraction of sp³-hybridized carbons (Fsp3) is 0.385. The predicted octanol–water partition coefficient (Wildman–Crippen LogP) is 2.70. The number of carbonyl (C=O) groups excluding carboxylic acids is 1. The van der Waals surface area contributed by atoms with Crippen molar-refractivity contribution in [1.29, 1.82) is 0 Å². The van der Waals surface area contributed by atoms with Crippen molar-refractivity contribution < 1.29 is 14.7 Å². The van der Waals surface area contributed by atoms with Crippen molar-refractivity contribution in [3.63, 3.8) is 0 Å². The number of rotatable bonds is 3. The van der Waals surface area contributed by atoms with Gasteiger partial charge in [-0.25, -0.2) is 0 Å². The summed E-state index contributed by atoms with van der Waals surface area (Å²) in [4.78, 5) is 22.8. The summed E-state index contributed by atoms with van der Waals surface area (Å²) < 4.78 is 0. The number of benzene rings is 1. The van der Waals surface area contributed by atoms with Gasteiger partial charge in [-0.15, -0.1) is 0 Å². The molecule has 1 aliphatic carbocycles. The van der Waals surface area contributed by atoms with Crippen molar-refractivity contribution in [3.8, 4) is 0 Å². The molecule has 0 saturated heterocycles. The summed E-state index contributed by atoms with van der Waals surface area (Å²) in [5.74, 6) is -2.12. The van der Waals surface area contributed by atoms with Gasteiger partial charge >= 0.3 is 5.97 Å². The lowest BCUT2D eigenvalue weighted by Gasteiger charge is -2.32. The Morgan fingerprint density at radius 1 is 1.33 bits per heavy atom. The zero-order valence-electron chi connectivity index (χ0n) is 9.94. The first-order valence-corrected chi connectivity index (χ1v) is 6.16. The Kier molecular flexibility index (Phi) is 3.57. The topological polar surface area (TPSA) is 66.4 Å². The first-order valence-electron chi connectivity index (χ1n) is 5.79. The Hall–Kier alpha value is -1.55. The number of halogens is 1. The van der Waals surface area contributed by atoms with Crippen molar-refractivity contribution in [2.75, 3.05) is 5.32 Å². The highest BCUT2D eigenvalue weighted by Crippen LogP contribution is 2.35. The van der Waals surface area contributed by atoms with E-state index in [2.05, 4.69) is 5.32 Å². The molecule has 0 radical (unpaired) electrons. The van der Waals surface area contributed by atoms with Crippen LogP contribution in [0, 0.1) is 18.8 Å². The minimum Gasteiger partial charge on any atom is -0.481 e. The van der Waals surface area contributed by atoms with Crippen molar-refractivity contribution in [2.24, 2.45) is 11.8 Å². The SMILES string of the molecule is Cc1ccc(Cl)cc1NC(=O)C1CCC1C(=O)O. The smallest absolute Gasteiger partial charge is 0.307 e. The molecule has 1 aromatic carbocycles. The van der Waals surface area contributed by atoms with Gasteiger partial charge in [-0.05, 0) is 37.5 Å². The Labute approximate surface area is 110 Å². The van der Waals surface area contributed by atoms with Crippen LogP contribution in [0.15, 0.2) is 18.2 Å². The zero-order chi connectivity index (χ0) is 13.3. The molecule has 2 rings (SSSR count). The Morgan fingerprint density at radius 2 is 2.00 bits per heavy atom. The molecule has 2 atom stereocenters. The summed E-state index contributed by atoms with van der Waals surface area (Å²) in [6.45, 7) is 1.86. The van der Waals surface area contributed by atoms with Crippen LogP contribution in [-0.2, 0) is 9.59 Å². The van der Waals surface area contributed by atoms with Crippen molar-refractivity contribution in [3.05, 3.63) is 28.8 Å². The summed E-state index contributed by atoms with van der Waals surface area (Å²) in [6.07, 6.45) is 1.20. The van der Waals surface area contributed by atoms with E-state index in [0.717, 1.165) is 5.56 Å². The van der Waals surface area contributed by atoms with Gasteiger partial charge in [0.15, 0.2) is 0 Å². The lowest BCUT2D eigenvalue weighted by Crippen LogP contribution is -2.41. The van der Waals surface area contributed by atoms with Crippen LogP contribution in [0.2, 0.25) is 5.02 Å². The van der Waals surface area contributed by atoms with Crippen LogP contribution in [0.1, 0.15) is 18.4 Å². The van der Waals surface area contributed by atoms with Crippen LogP contribution >= 0.6 is 11.6 Å². The fourth-order valence-electron chi connectivity index (χ4n) is 2.06. The number of hydrogen-bond acceptors (Lipinski definition) is 2. The van der Waals surface area contributed by atoms with Gasteiger partial charge in [0.25, 0.3) is 0 Å². The third-order valence-electron chi connectivity index (χ3n) is 3.39. The second-order valence-electron chi connectivity index (χ2n) is 4.58. The first kappa shape index (κ1) is 12.9. The summed E-state index contributed by atoms with van der Waals surface area (Å²) >= 11 is 5.86. The quantitative estimate of drug-likeness (QED) is 0.885. The van der Waals surface area contributed by atoms with Crippen LogP contribution in [0.5, 0.6) is 0 Å². The van der Waals surface area contributed by atoms with Gasteiger partial charge in [-0.3, -0.25) is 9.59 Å². The Bertz CT molecular complexity index is 501. The van der Waals surface area contributed by atoms with Crippen molar-refractivity contribution in [2.45, 2.75) is 19.8 Å². The van der Waals surface area contributed by atoms with E-state index >= 15 is 0 Å². The molecule has 0 spiro atoms. The highest BCUT2D eigenvalue weighted by molar-refractivity contribution is 6.31. The van der Waals surface area contributed by atoms with E-state index in [1.807, 2.05) is 13.0 Å². The van der Waals surface area contributed by atoms with E-state index in [0.29, 0.717) is 23.6 Å². The number of hydrogen-bond donors (Lipinski definition) is 2. The van der Waals surface area contributed by atoms with Crippen LogP contribution in [0.4, 0.5) is 5.69 Å². The molecule has 4 nitrogen and oxygen atoms in total. The van der Waals surface area contributed by atoms with Gasteiger partial charge in [-0.1, -0.05) is 17.7 Å². The number of carboxylic acids is 1. The van der Waals surface area contributed by atoms with E-state index in [1.165, 1.54) is 0 Å². The zero-order valence-corrected chi connectivity index (χ0v) is 10.7. The largest absolute Gasteiger partial charge is 0.481 e. The molecule has 2 N–H and O–H groups in total. The van der Waals surface area contributed by atoms with E-state index < -0.39 is 17.8 Å². The second-order valence-corrected chi connectivity index (χ2v) is 5.01. The second kappa shape index (κ2) is 4.98. The minimum atomic E-state index is -0.899. The summed E-state index contributed by atoms with van der Waals surface area (Å²) in [6, 6.07) is 5.23. The molecule has 1 saturated carbocycles. The molecule has 1 aliphatic rings. The predicted molar refractivity (Wildman–Crippen MR) is 68.7 cm³/mol. The van der Waals surface area contributed by atoms with Gasteiger partial charge in [-0.2, -0.15) is 0 Å². The first-order chi connectivity index (χ1) is 8.49. The van der Waals surface area contributed by atoms with Gasteiger partial charge in [0.1, 0.15) is 0 Å². The molecule has 0 heterocycles. The molecule has 96 valence electrons. The molecule has 0 bridgehead atoms. The summed E-state index contributed by atoms with van der Waals surface area (Å²) in [7, 11) is 0. The Balaban J connectivity index is 2.08. The molecular weight excluding hydrogens is 254 g/mol. The van der Waals surface area contributed by atoms with Crippen LogP contribution in [0.25, 0.3) is 0 Å². The summed E-state index contributed by atoms with van der Waals surface area (Å²) in [5.41, 5.74) is 1.54. The number of nitrogens with one attached hydrogen (secondary N) is 1. The molecule has 1 amide bonds.